The van der Waals surface area contributed by atoms with E-state index in [9.17, 15) is 4.79 Å². The summed E-state index contributed by atoms with van der Waals surface area (Å²) in [6, 6.07) is 2.40. The topological polar surface area (TPSA) is 56.7 Å². The van der Waals surface area contributed by atoms with Gasteiger partial charge in [-0.05, 0) is 55.1 Å². The Kier molecular flexibility index (Phi) is 6.45. The minimum Gasteiger partial charge on any atom is -0.359 e. The van der Waals surface area contributed by atoms with E-state index in [-0.39, 0.29) is 5.91 Å². The highest BCUT2D eigenvalue weighted by Gasteiger charge is 2.27. The number of piperidine rings is 1. The number of aryl methyl sites for hydroxylation is 1. The maximum Gasteiger partial charge on any atom is 0.220 e. The van der Waals surface area contributed by atoms with Crippen molar-refractivity contribution in [3.8, 4) is 0 Å². The second kappa shape index (κ2) is 8.63. The molecule has 1 aliphatic heterocycles. The second-order valence-electron chi connectivity index (χ2n) is 8.71. The molecule has 2 heterocycles. The van der Waals surface area contributed by atoms with Gasteiger partial charge in [0.05, 0.1) is 6.54 Å². The number of hydrogen-bond acceptors (Lipinski definition) is 3. The zero-order chi connectivity index (χ0) is 19.4. The third kappa shape index (κ3) is 5.24. The third-order valence-corrected chi connectivity index (χ3v) is 7.18. The van der Waals surface area contributed by atoms with E-state index in [1.54, 1.807) is 17.5 Å². The molecule has 27 heavy (non-hydrogen) atoms. The number of rotatable bonds is 4. The fourth-order valence-electron chi connectivity index (χ4n) is 4.24. The molecule has 2 aliphatic rings. The van der Waals surface area contributed by atoms with Crippen molar-refractivity contribution in [1.29, 1.82) is 0 Å². The van der Waals surface area contributed by atoms with Crippen LogP contribution in [-0.4, -0.2) is 44.0 Å². The van der Waals surface area contributed by atoms with Gasteiger partial charge in [0.15, 0.2) is 5.96 Å². The van der Waals surface area contributed by atoms with E-state index in [0.29, 0.717) is 17.8 Å². The molecular formula is C21H34N4OS. The molecule has 2 N–H and O–H groups in total. The largest absolute Gasteiger partial charge is 0.359 e. The Morgan fingerprint density at radius 3 is 2.78 bits per heavy atom. The van der Waals surface area contributed by atoms with Gasteiger partial charge in [-0.3, -0.25) is 9.79 Å². The first-order valence-electron chi connectivity index (χ1n) is 10.2. The van der Waals surface area contributed by atoms with Crippen LogP contribution in [0.3, 0.4) is 0 Å². The van der Waals surface area contributed by atoms with Crippen LogP contribution in [0.25, 0.3) is 0 Å². The van der Waals surface area contributed by atoms with Crippen molar-refractivity contribution in [1.82, 2.24) is 15.5 Å². The number of guanidine groups is 1. The van der Waals surface area contributed by atoms with Crippen LogP contribution in [0.2, 0.25) is 0 Å². The lowest BCUT2D eigenvalue weighted by atomic mass is 9.77. The average Bonchev–Trinajstić information content (AvgIpc) is 3.04. The van der Waals surface area contributed by atoms with Crippen LogP contribution in [0.1, 0.15) is 54.8 Å². The molecule has 1 saturated heterocycles. The molecule has 1 aliphatic carbocycles. The van der Waals surface area contributed by atoms with Crippen LogP contribution >= 0.6 is 11.3 Å². The molecule has 0 aromatic carbocycles. The van der Waals surface area contributed by atoms with Crippen molar-refractivity contribution in [3.63, 3.8) is 0 Å². The Balaban J connectivity index is 1.51. The number of carbonyl (C=O) groups is 1. The van der Waals surface area contributed by atoms with Gasteiger partial charge in [0.1, 0.15) is 0 Å². The summed E-state index contributed by atoms with van der Waals surface area (Å²) in [4.78, 5) is 21.4. The van der Waals surface area contributed by atoms with E-state index < -0.39 is 0 Å². The molecule has 0 saturated carbocycles. The highest BCUT2D eigenvalue weighted by molar-refractivity contribution is 7.12. The minimum absolute atomic E-state index is 0.154. The highest BCUT2D eigenvalue weighted by Crippen LogP contribution is 2.38. The number of fused-ring (bicyclic) bond motifs is 1. The number of thiophene rings is 1. The fourth-order valence-corrected chi connectivity index (χ4v) is 5.37. The number of hydrogen-bond donors (Lipinski definition) is 2. The molecule has 0 atom stereocenters. The van der Waals surface area contributed by atoms with Gasteiger partial charge in [-0.15, -0.1) is 11.3 Å². The summed E-state index contributed by atoms with van der Waals surface area (Å²) in [6.45, 7) is 7.54. The number of carbonyl (C=O) groups excluding carboxylic acids is 1. The molecule has 0 radical (unpaired) electrons. The van der Waals surface area contributed by atoms with Crippen LogP contribution < -0.4 is 10.6 Å². The number of nitrogens with zero attached hydrogens (tertiary/aromatic N) is 2. The van der Waals surface area contributed by atoms with Gasteiger partial charge in [-0.1, -0.05) is 13.8 Å². The lowest BCUT2D eigenvalue weighted by Gasteiger charge is -2.34. The third-order valence-electron chi connectivity index (χ3n) is 5.95. The van der Waals surface area contributed by atoms with E-state index in [0.717, 1.165) is 38.4 Å². The summed E-state index contributed by atoms with van der Waals surface area (Å²) in [6.07, 6.45) is 6.47. The van der Waals surface area contributed by atoms with E-state index in [4.69, 9.17) is 0 Å². The summed E-state index contributed by atoms with van der Waals surface area (Å²) in [5.74, 6) is 1.63. The Hall–Kier alpha value is -1.56. The molecule has 5 nitrogen and oxygen atoms in total. The van der Waals surface area contributed by atoms with E-state index >= 15 is 0 Å². The van der Waals surface area contributed by atoms with Gasteiger partial charge in [-0.2, -0.15) is 0 Å². The molecule has 1 aromatic heterocycles. The second-order valence-corrected chi connectivity index (χ2v) is 9.93. The van der Waals surface area contributed by atoms with Crippen LogP contribution in [0, 0.1) is 11.3 Å². The van der Waals surface area contributed by atoms with Crippen molar-refractivity contribution in [2.45, 2.75) is 58.9 Å². The molecule has 150 valence electrons. The number of nitrogens with one attached hydrogen (secondary N) is 2. The first-order chi connectivity index (χ1) is 12.9. The summed E-state index contributed by atoms with van der Waals surface area (Å²) >= 11 is 1.96. The predicted molar refractivity (Wildman–Crippen MR) is 113 cm³/mol. The maximum absolute atomic E-state index is 11.6. The highest BCUT2D eigenvalue weighted by atomic mass is 32.1. The predicted octanol–water partition coefficient (Wildman–Crippen LogP) is 3.19. The maximum atomic E-state index is 11.6. The molecule has 0 unspecified atom stereocenters. The first-order valence-corrected chi connectivity index (χ1v) is 11.0. The average molecular weight is 391 g/mol. The number of aliphatic imine (C=N–C) groups is 1. The van der Waals surface area contributed by atoms with Crippen LogP contribution in [-0.2, 0) is 24.2 Å². The van der Waals surface area contributed by atoms with Crippen LogP contribution in [0.5, 0.6) is 0 Å². The standard InChI is InChI=1S/C21H34N4OS/c1-21(2)8-5-18-16(13-21)12-17(27-18)14-24-20(23-4)25-9-6-15(7-10-25)11-19(26)22-3/h12,15H,5-11,13-14H2,1-4H3,(H,22,26)(H,23,24). The Bertz CT molecular complexity index is 686. The van der Waals surface area contributed by atoms with Gasteiger partial charge in [0.25, 0.3) is 0 Å². The monoisotopic (exact) mass is 390 g/mol. The van der Waals surface area contributed by atoms with Gasteiger partial charge >= 0.3 is 0 Å². The SMILES string of the molecule is CN=C(NCc1cc2c(s1)CCC(C)(C)C2)N1CCC(CC(=O)NC)CC1. The molecule has 1 fully saturated rings. The van der Waals surface area contributed by atoms with E-state index in [2.05, 4.69) is 40.4 Å². The van der Waals surface area contributed by atoms with Crippen LogP contribution in [0.15, 0.2) is 11.1 Å². The fraction of sp³-hybridized carbons (Fsp3) is 0.714. The van der Waals surface area contributed by atoms with Crippen LogP contribution in [0.4, 0.5) is 0 Å². The van der Waals surface area contributed by atoms with Crippen molar-refractivity contribution in [2.75, 3.05) is 27.2 Å². The molecule has 0 spiro atoms. The van der Waals surface area contributed by atoms with Gasteiger partial charge in [-0.25, -0.2) is 0 Å². The quantitative estimate of drug-likeness (QED) is 0.613. The zero-order valence-electron chi connectivity index (χ0n) is 17.2. The molecule has 6 heteroatoms. The smallest absolute Gasteiger partial charge is 0.220 e. The molecule has 1 aromatic rings. The summed E-state index contributed by atoms with van der Waals surface area (Å²) in [7, 11) is 3.58. The van der Waals surface area contributed by atoms with Gasteiger partial charge in [0.2, 0.25) is 5.91 Å². The summed E-state index contributed by atoms with van der Waals surface area (Å²) in [5.41, 5.74) is 1.99. The molecule has 0 bridgehead atoms. The number of amides is 1. The normalized spacial score (nSPS) is 20.3. The molecular weight excluding hydrogens is 356 g/mol. The van der Waals surface area contributed by atoms with E-state index in [1.165, 1.54) is 24.1 Å². The number of likely N-dealkylation sites (tertiary alicyclic amines) is 1. The van der Waals surface area contributed by atoms with Crippen molar-refractivity contribution < 1.29 is 4.79 Å². The van der Waals surface area contributed by atoms with Gasteiger partial charge in [0, 0.05) is 43.4 Å². The minimum atomic E-state index is 0.154. The zero-order valence-corrected chi connectivity index (χ0v) is 18.0. The molecule has 3 rings (SSSR count). The van der Waals surface area contributed by atoms with Crippen molar-refractivity contribution >= 4 is 23.2 Å². The van der Waals surface area contributed by atoms with Crippen molar-refractivity contribution in [2.24, 2.45) is 16.3 Å². The Labute approximate surface area is 167 Å². The first kappa shape index (κ1) is 20.2. The summed E-state index contributed by atoms with van der Waals surface area (Å²) < 4.78 is 0. The molecule has 1 amide bonds. The Morgan fingerprint density at radius 1 is 1.37 bits per heavy atom. The Morgan fingerprint density at radius 2 is 2.11 bits per heavy atom. The van der Waals surface area contributed by atoms with E-state index in [1.807, 2.05) is 18.4 Å². The summed E-state index contributed by atoms with van der Waals surface area (Å²) in [5, 5.41) is 6.29. The lowest BCUT2D eigenvalue weighted by Crippen LogP contribution is -2.45. The lowest BCUT2D eigenvalue weighted by molar-refractivity contribution is -0.121. The van der Waals surface area contributed by atoms with Crippen molar-refractivity contribution in [3.05, 3.63) is 21.4 Å². The van der Waals surface area contributed by atoms with Gasteiger partial charge < -0.3 is 15.5 Å².